The number of carbonyl (C=O) groups excluding carboxylic acids is 1. The van der Waals surface area contributed by atoms with Gasteiger partial charge in [-0.3, -0.25) is 4.79 Å². The highest BCUT2D eigenvalue weighted by Gasteiger charge is 2.08. The minimum atomic E-state index is -0.135. The third kappa shape index (κ3) is 5.86. The van der Waals surface area contributed by atoms with Crippen LogP contribution in [0.15, 0.2) is 28.6 Å². The predicted octanol–water partition coefficient (Wildman–Crippen LogP) is 2.20. The molecule has 0 aliphatic rings. The molecule has 2 aromatic rings. The summed E-state index contributed by atoms with van der Waals surface area (Å²) in [5.74, 6) is 0.107. The first-order valence-corrected chi connectivity index (χ1v) is 8.50. The van der Waals surface area contributed by atoms with E-state index in [-0.39, 0.29) is 11.7 Å². The smallest absolute Gasteiger partial charge is 0.234 e. The fourth-order valence-corrected chi connectivity index (χ4v) is 3.13. The maximum Gasteiger partial charge on any atom is 0.234 e. The lowest BCUT2D eigenvalue weighted by atomic mass is 10.2. The van der Waals surface area contributed by atoms with Crippen LogP contribution >= 0.6 is 23.1 Å². The zero-order valence-corrected chi connectivity index (χ0v) is 14.0. The summed E-state index contributed by atoms with van der Waals surface area (Å²) in [6.45, 7) is 1.25. The number of rotatable bonds is 8. The molecule has 0 atom stereocenters. The molecule has 0 aliphatic carbocycles. The summed E-state index contributed by atoms with van der Waals surface area (Å²) in [5, 5.41) is 23.3. The number of nitriles is 1. The minimum Gasteiger partial charge on any atom is -0.383 e. The molecule has 0 aliphatic heterocycles. The largest absolute Gasteiger partial charge is 0.383 e. The number of hydrogen-bond acceptors (Lipinski definition) is 8. The number of thioether (sulfide) groups is 1. The van der Waals surface area contributed by atoms with Crippen molar-refractivity contribution < 1.29 is 9.53 Å². The SMILES string of the molecule is COCCNc1nnc(SCC(=O)Nc2ccc(C#N)cc2)s1. The van der Waals surface area contributed by atoms with E-state index >= 15 is 0 Å². The molecule has 7 nitrogen and oxygen atoms in total. The van der Waals surface area contributed by atoms with Crippen LogP contribution in [0.5, 0.6) is 0 Å². The van der Waals surface area contributed by atoms with Gasteiger partial charge >= 0.3 is 0 Å². The second-order valence-corrected chi connectivity index (χ2v) is 6.52. The highest BCUT2D eigenvalue weighted by atomic mass is 32.2. The van der Waals surface area contributed by atoms with Crippen molar-refractivity contribution in [3.63, 3.8) is 0 Å². The number of benzene rings is 1. The van der Waals surface area contributed by atoms with Crippen molar-refractivity contribution in [1.82, 2.24) is 10.2 Å². The molecule has 1 aromatic heterocycles. The van der Waals surface area contributed by atoms with Crippen molar-refractivity contribution in [2.45, 2.75) is 4.34 Å². The standard InChI is InChI=1S/C14H15N5O2S2/c1-21-7-6-16-13-18-19-14(23-13)22-9-12(20)17-11-4-2-10(8-15)3-5-11/h2-5H,6-7,9H2,1H3,(H,16,18)(H,17,20). The molecule has 120 valence electrons. The molecule has 1 aromatic carbocycles. The fraction of sp³-hybridized carbons (Fsp3) is 0.286. The summed E-state index contributed by atoms with van der Waals surface area (Å²) < 4.78 is 5.66. The second-order valence-electron chi connectivity index (χ2n) is 4.32. The molecule has 0 bridgehead atoms. The summed E-state index contributed by atoms with van der Waals surface area (Å²) in [5.41, 5.74) is 1.22. The van der Waals surface area contributed by atoms with E-state index in [1.807, 2.05) is 6.07 Å². The Kier molecular flexibility index (Phi) is 6.80. The Morgan fingerprint density at radius 1 is 1.39 bits per heavy atom. The molecule has 1 heterocycles. The normalized spacial score (nSPS) is 10.1. The van der Waals surface area contributed by atoms with Gasteiger partial charge in [-0.1, -0.05) is 23.1 Å². The maximum atomic E-state index is 11.9. The molecule has 2 N–H and O–H groups in total. The lowest BCUT2D eigenvalue weighted by Gasteiger charge is -2.03. The molecule has 0 fully saturated rings. The van der Waals surface area contributed by atoms with Gasteiger partial charge < -0.3 is 15.4 Å². The van der Waals surface area contributed by atoms with Crippen LogP contribution in [0.2, 0.25) is 0 Å². The first-order chi connectivity index (χ1) is 11.2. The van der Waals surface area contributed by atoms with E-state index in [0.717, 1.165) is 4.34 Å². The van der Waals surface area contributed by atoms with E-state index in [9.17, 15) is 4.79 Å². The lowest BCUT2D eigenvalue weighted by Crippen LogP contribution is -2.13. The molecule has 0 spiro atoms. The third-order valence-corrected chi connectivity index (χ3v) is 4.63. The Morgan fingerprint density at radius 3 is 2.87 bits per heavy atom. The molecule has 0 saturated carbocycles. The van der Waals surface area contributed by atoms with Gasteiger partial charge in [0.15, 0.2) is 4.34 Å². The van der Waals surface area contributed by atoms with E-state index in [1.165, 1.54) is 23.1 Å². The van der Waals surface area contributed by atoms with Crippen LogP contribution in [0, 0.1) is 11.3 Å². The van der Waals surface area contributed by atoms with Crippen LogP contribution in [0.25, 0.3) is 0 Å². The molecule has 0 saturated heterocycles. The number of amides is 1. The van der Waals surface area contributed by atoms with Gasteiger partial charge in [0.1, 0.15) is 0 Å². The van der Waals surface area contributed by atoms with E-state index in [1.54, 1.807) is 31.4 Å². The zero-order valence-electron chi connectivity index (χ0n) is 12.4. The molecule has 0 radical (unpaired) electrons. The van der Waals surface area contributed by atoms with Gasteiger partial charge in [-0.25, -0.2) is 0 Å². The van der Waals surface area contributed by atoms with Gasteiger partial charge in [-0.2, -0.15) is 5.26 Å². The molecule has 9 heteroatoms. The average Bonchev–Trinajstić information content (AvgIpc) is 3.02. The number of carbonyl (C=O) groups is 1. The number of hydrogen-bond donors (Lipinski definition) is 2. The quantitative estimate of drug-likeness (QED) is 0.556. The summed E-state index contributed by atoms with van der Waals surface area (Å²) in [6, 6.07) is 8.74. The highest BCUT2D eigenvalue weighted by molar-refractivity contribution is 8.01. The molecule has 0 unspecified atom stereocenters. The van der Waals surface area contributed by atoms with Crippen molar-refractivity contribution >= 4 is 39.8 Å². The Morgan fingerprint density at radius 2 is 2.17 bits per heavy atom. The molecule has 2 rings (SSSR count). The molecular weight excluding hydrogens is 334 g/mol. The molecule has 23 heavy (non-hydrogen) atoms. The number of methoxy groups -OCH3 is 1. The topological polar surface area (TPSA) is 99.9 Å². The van der Waals surface area contributed by atoms with Crippen LogP contribution in [0.1, 0.15) is 5.56 Å². The Labute approximate surface area is 142 Å². The van der Waals surface area contributed by atoms with E-state index < -0.39 is 0 Å². The monoisotopic (exact) mass is 349 g/mol. The minimum absolute atomic E-state index is 0.135. The van der Waals surface area contributed by atoms with Crippen molar-refractivity contribution in [3.05, 3.63) is 29.8 Å². The van der Waals surface area contributed by atoms with Crippen molar-refractivity contribution in [3.8, 4) is 6.07 Å². The number of nitrogens with one attached hydrogen (secondary N) is 2. The Hall–Kier alpha value is -2.15. The van der Waals surface area contributed by atoms with Crippen molar-refractivity contribution in [2.75, 3.05) is 36.6 Å². The van der Waals surface area contributed by atoms with Crippen LogP contribution in [-0.2, 0) is 9.53 Å². The fourth-order valence-electron chi connectivity index (χ4n) is 1.55. The van der Waals surface area contributed by atoms with E-state index in [4.69, 9.17) is 10.00 Å². The van der Waals surface area contributed by atoms with Gasteiger partial charge in [-0.05, 0) is 24.3 Å². The van der Waals surface area contributed by atoms with Crippen LogP contribution < -0.4 is 10.6 Å². The lowest BCUT2D eigenvalue weighted by molar-refractivity contribution is -0.113. The molecule has 1 amide bonds. The average molecular weight is 349 g/mol. The van der Waals surface area contributed by atoms with E-state index in [0.29, 0.717) is 29.5 Å². The summed E-state index contributed by atoms with van der Waals surface area (Å²) in [6.07, 6.45) is 0. The second kappa shape index (κ2) is 9.09. The summed E-state index contributed by atoms with van der Waals surface area (Å²) in [4.78, 5) is 11.9. The number of ether oxygens (including phenoxy) is 1. The van der Waals surface area contributed by atoms with Crippen molar-refractivity contribution in [1.29, 1.82) is 5.26 Å². The van der Waals surface area contributed by atoms with Crippen LogP contribution in [0.3, 0.4) is 0 Å². The highest BCUT2D eigenvalue weighted by Crippen LogP contribution is 2.25. The number of aromatic nitrogens is 2. The first-order valence-electron chi connectivity index (χ1n) is 6.70. The predicted molar refractivity (Wildman–Crippen MR) is 90.8 cm³/mol. The van der Waals surface area contributed by atoms with E-state index in [2.05, 4.69) is 20.8 Å². The van der Waals surface area contributed by atoms with Gasteiger partial charge in [0.05, 0.1) is 24.0 Å². The Balaban J connectivity index is 1.76. The van der Waals surface area contributed by atoms with Crippen molar-refractivity contribution in [2.24, 2.45) is 0 Å². The van der Waals surface area contributed by atoms with Gasteiger partial charge in [0.2, 0.25) is 11.0 Å². The summed E-state index contributed by atoms with van der Waals surface area (Å²) >= 11 is 2.72. The molecular formula is C14H15N5O2S2. The number of anilines is 2. The maximum absolute atomic E-state index is 11.9. The first kappa shape index (κ1) is 17.2. The van der Waals surface area contributed by atoms with Crippen LogP contribution in [0.4, 0.5) is 10.8 Å². The van der Waals surface area contributed by atoms with Gasteiger partial charge in [-0.15, -0.1) is 10.2 Å². The Bertz CT molecular complexity index is 681. The summed E-state index contributed by atoms with van der Waals surface area (Å²) in [7, 11) is 1.63. The third-order valence-electron chi connectivity index (χ3n) is 2.61. The van der Waals surface area contributed by atoms with Gasteiger partial charge in [0, 0.05) is 19.3 Å². The zero-order chi connectivity index (χ0) is 16.5. The van der Waals surface area contributed by atoms with Gasteiger partial charge in [0.25, 0.3) is 0 Å². The van der Waals surface area contributed by atoms with Crippen LogP contribution in [-0.4, -0.2) is 42.1 Å². The number of nitrogens with zero attached hydrogens (tertiary/aromatic N) is 3.